The molecule has 0 fully saturated rings. The van der Waals surface area contributed by atoms with Gasteiger partial charge in [-0.2, -0.15) is 0 Å². The van der Waals surface area contributed by atoms with Gasteiger partial charge >= 0.3 is 0 Å². The predicted octanol–water partition coefficient (Wildman–Crippen LogP) is 2.87. The topological polar surface area (TPSA) is 58.6 Å². The first-order valence-corrected chi connectivity index (χ1v) is 7.74. The summed E-state index contributed by atoms with van der Waals surface area (Å²) < 4.78 is 5.20. The Kier molecular flexibility index (Phi) is 6.18. The molecule has 2 aromatic rings. The summed E-state index contributed by atoms with van der Waals surface area (Å²) in [4.78, 5) is 12.1. The van der Waals surface area contributed by atoms with E-state index in [9.17, 15) is 9.90 Å². The van der Waals surface area contributed by atoms with Crippen LogP contribution < -0.4 is 10.1 Å². The van der Waals surface area contributed by atoms with Crippen molar-refractivity contribution in [2.24, 2.45) is 0 Å². The van der Waals surface area contributed by atoms with Crippen molar-refractivity contribution in [3.63, 3.8) is 0 Å². The lowest BCUT2D eigenvalue weighted by molar-refractivity contribution is -0.123. The van der Waals surface area contributed by atoms with Crippen LogP contribution in [0.3, 0.4) is 0 Å². The normalized spacial score (nSPS) is 13.2. The van der Waals surface area contributed by atoms with E-state index >= 15 is 0 Å². The fourth-order valence-corrected chi connectivity index (χ4v) is 2.51. The molecular weight excluding hydrogens is 290 g/mol. The summed E-state index contributed by atoms with van der Waals surface area (Å²) in [6, 6.07) is 17.0. The molecule has 0 aliphatic rings. The number of carbonyl (C=O) groups excluding carboxylic acids is 1. The van der Waals surface area contributed by atoms with Gasteiger partial charge in [-0.1, -0.05) is 42.5 Å². The summed E-state index contributed by atoms with van der Waals surface area (Å²) in [6.07, 6.45) is -0.00294. The van der Waals surface area contributed by atoms with Crippen molar-refractivity contribution in [2.75, 3.05) is 7.11 Å². The fourth-order valence-electron chi connectivity index (χ4n) is 2.51. The fraction of sp³-hybridized carbons (Fsp3) is 0.316. The minimum Gasteiger partial charge on any atom is -0.497 e. The van der Waals surface area contributed by atoms with Gasteiger partial charge in [-0.25, -0.2) is 0 Å². The number of nitrogens with one attached hydrogen (secondary N) is 1. The van der Waals surface area contributed by atoms with Gasteiger partial charge < -0.3 is 15.2 Å². The van der Waals surface area contributed by atoms with Crippen molar-refractivity contribution in [2.45, 2.75) is 31.9 Å². The molecule has 1 amide bonds. The average Bonchev–Trinajstić information content (AvgIpc) is 2.55. The summed E-state index contributed by atoms with van der Waals surface area (Å²) in [5.41, 5.74) is 1.85. The molecule has 0 aliphatic carbocycles. The van der Waals surface area contributed by atoms with Crippen LogP contribution in [-0.4, -0.2) is 24.2 Å². The standard InChI is InChI=1S/C19H23NO3/c1-14(11-15-7-6-10-17(12-15)23-2)20-19(22)13-18(21)16-8-4-3-5-9-16/h3-10,12,14,18,21H,11,13H2,1-2H3,(H,20,22). The summed E-state index contributed by atoms with van der Waals surface area (Å²) >= 11 is 0. The van der Waals surface area contributed by atoms with Gasteiger partial charge in [-0.3, -0.25) is 4.79 Å². The van der Waals surface area contributed by atoms with Crippen LogP contribution in [0.25, 0.3) is 0 Å². The van der Waals surface area contributed by atoms with Gasteiger partial charge in [0.15, 0.2) is 0 Å². The number of rotatable bonds is 7. The van der Waals surface area contributed by atoms with E-state index in [2.05, 4.69) is 5.32 Å². The third-order valence-corrected chi connectivity index (χ3v) is 3.65. The zero-order valence-corrected chi connectivity index (χ0v) is 13.5. The number of aliphatic hydroxyl groups is 1. The maximum absolute atomic E-state index is 12.1. The Morgan fingerprint density at radius 1 is 1.17 bits per heavy atom. The number of ether oxygens (including phenoxy) is 1. The molecule has 0 aliphatic heterocycles. The Morgan fingerprint density at radius 3 is 2.61 bits per heavy atom. The van der Waals surface area contributed by atoms with Crippen LogP contribution in [0.15, 0.2) is 54.6 Å². The van der Waals surface area contributed by atoms with Gasteiger partial charge in [-0.15, -0.1) is 0 Å². The average molecular weight is 313 g/mol. The number of benzene rings is 2. The van der Waals surface area contributed by atoms with Crippen LogP contribution in [0.4, 0.5) is 0 Å². The maximum atomic E-state index is 12.1. The van der Waals surface area contributed by atoms with E-state index in [1.807, 2.05) is 61.5 Å². The molecule has 0 spiro atoms. The molecule has 122 valence electrons. The first kappa shape index (κ1) is 17.0. The highest BCUT2D eigenvalue weighted by Crippen LogP contribution is 2.16. The van der Waals surface area contributed by atoms with Gasteiger partial charge in [0.25, 0.3) is 0 Å². The highest BCUT2D eigenvalue weighted by molar-refractivity contribution is 5.77. The molecule has 4 nitrogen and oxygen atoms in total. The number of aliphatic hydroxyl groups excluding tert-OH is 1. The summed E-state index contributed by atoms with van der Waals surface area (Å²) in [5.74, 6) is 0.650. The van der Waals surface area contributed by atoms with Gasteiger partial charge in [0, 0.05) is 6.04 Å². The number of amides is 1. The SMILES string of the molecule is COc1cccc(CC(C)NC(=O)CC(O)c2ccccc2)c1. The number of carbonyl (C=O) groups is 1. The first-order valence-electron chi connectivity index (χ1n) is 7.74. The Bertz CT molecular complexity index is 628. The molecule has 4 heteroatoms. The second-order valence-corrected chi connectivity index (χ2v) is 5.65. The molecule has 0 saturated heterocycles. The molecule has 2 N–H and O–H groups in total. The van der Waals surface area contributed by atoms with Crippen molar-refractivity contribution < 1.29 is 14.6 Å². The van der Waals surface area contributed by atoms with E-state index in [0.29, 0.717) is 6.42 Å². The molecule has 2 rings (SSSR count). The number of hydrogen-bond acceptors (Lipinski definition) is 3. The number of hydrogen-bond donors (Lipinski definition) is 2. The lowest BCUT2D eigenvalue weighted by Crippen LogP contribution is -2.34. The second-order valence-electron chi connectivity index (χ2n) is 5.65. The molecule has 2 unspecified atom stereocenters. The second kappa shape index (κ2) is 8.34. The van der Waals surface area contributed by atoms with Gasteiger partial charge in [-0.05, 0) is 36.6 Å². The monoisotopic (exact) mass is 313 g/mol. The lowest BCUT2D eigenvalue weighted by atomic mass is 10.0. The lowest BCUT2D eigenvalue weighted by Gasteiger charge is -2.16. The van der Waals surface area contributed by atoms with Crippen LogP contribution >= 0.6 is 0 Å². The van der Waals surface area contributed by atoms with E-state index < -0.39 is 6.10 Å². The highest BCUT2D eigenvalue weighted by Gasteiger charge is 2.14. The van der Waals surface area contributed by atoms with Gasteiger partial charge in [0.05, 0.1) is 19.6 Å². The molecule has 0 heterocycles. The van der Waals surface area contributed by atoms with E-state index in [0.717, 1.165) is 16.9 Å². The Morgan fingerprint density at radius 2 is 1.91 bits per heavy atom. The first-order chi connectivity index (χ1) is 11.1. The molecule has 0 saturated carbocycles. The maximum Gasteiger partial charge on any atom is 0.223 e. The van der Waals surface area contributed by atoms with Crippen LogP contribution in [0.2, 0.25) is 0 Å². The van der Waals surface area contributed by atoms with E-state index in [4.69, 9.17) is 4.74 Å². The smallest absolute Gasteiger partial charge is 0.223 e. The molecule has 2 aromatic carbocycles. The van der Waals surface area contributed by atoms with Crippen LogP contribution in [0, 0.1) is 0 Å². The van der Waals surface area contributed by atoms with Crippen LogP contribution in [-0.2, 0) is 11.2 Å². The quantitative estimate of drug-likeness (QED) is 0.826. The molecule has 0 bridgehead atoms. The van der Waals surface area contributed by atoms with Crippen molar-refractivity contribution >= 4 is 5.91 Å². The molecular formula is C19H23NO3. The van der Waals surface area contributed by atoms with Crippen LogP contribution in [0.1, 0.15) is 30.6 Å². The van der Waals surface area contributed by atoms with Gasteiger partial charge in [0.2, 0.25) is 5.91 Å². The Hall–Kier alpha value is -2.33. The molecule has 23 heavy (non-hydrogen) atoms. The zero-order chi connectivity index (χ0) is 16.7. The third-order valence-electron chi connectivity index (χ3n) is 3.65. The summed E-state index contributed by atoms with van der Waals surface area (Å²) in [5, 5.41) is 13.0. The molecule has 0 radical (unpaired) electrons. The minimum absolute atomic E-state index is 0.0161. The van der Waals surface area contributed by atoms with E-state index in [-0.39, 0.29) is 18.4 Å². The van der Waals surface area contributed by atoms with E-state index in [1.54, 1.807) is 7.11 Å². The van der Waals surface area contributed by atoms with Crippen molar-refractivity contribution in [3.05, 3.63) is 65.7 Å². The minimum atomic E-state index is -0.778. The summed E-state index contributed by atoms with van der Waals surface area (Å²) in [7, 11) is 1.63. The Labute approximate surface area is 137 Å². The van der Waals surface area contributed by atoms with Crippen molar-refractivity contribution in [1.29, 1.82) is 0 Å². The summed E-state index contributed by atoms with van der Waals surface area (Å²) in [6.45, 7) is 1.95. The van der Waals surface area contributed by atoms with Crippen molar-refractivity contribution in [1.82, 2.24) is 5.32 Å². The number of methoxy groups -OCH3 is 1. The van der Waals surface area contributed by atoms with Crippen LogP contribution in [0.5, 0.6) is 5.75 Å². The van der Waals surface area contributed by atoms with Crippen molar-refractivity contribution in [3.8, 4) is 5.75 Å². The third kappa shape index (κ3) is 5.42. The largest absolute Gasteiger partial charge is 0.497 e. The molecule has 2 atom stereocenters. The highest BCUT2D eigenvalue weighted by atomic mass is 16.5. The zero-order valence-electron chi connectivity index (χ0n) is 13.5. The van der Waals surface area contributed by atoms with Gasteiger partial charge in [0.1, 0.15) is 5.75 Å². The van der Waals surface area contributed by atoms with E-state index in [1.165, 1.54) is 0 Å². The molecule has 0 aromatic heterocycles. The predicted molar refractivity (Wildman–Crippen MR) is 90.3 cm³/mol. The Balaban J connectivity index is 1.84.